The summed E-state index contributed by atoms with van der Waals surface area (Å²) >= 11 is 5.97. The van der Waals surface area contributed by atoms with Gasteiger partial charge in [0.05, 0.1) is 0 Å². The van der Waals surface area contributed by atoms with Crippen molar-refractivity contribution in [2.75, 3.05) is 18.4 Å². The van der Waals surface area contributed by atoms with Gasteiger partial charge in [0.2, 0.25) is 0 Å². The van der Waals surface area contributed by atoms with Gasteiger partial charge in [-0.05, 0) is 37.0 Å². The molecule has 120 valence electrons. The highest BCUT2D eigenvalue weighted by atomic mass is 35.5. The zero-order valence-corrected chi connectivity index (χ0v) is 13.8. The van der Waals surface area contributed by atoms with Crippen molar-refractivity contribution < 1.29 is 4.79 Å². The minimum Gasteiger partial charge on any atom is -0.340 e. The van der Waals surface area contributed by atoms with Crippen LogP contribution in [0.1, 0.15) is 30.3 Å². The molecule has 1 aromatic carbocycles. The van der Waals surface area contributed by atoms with Crippen molar-refractivity contribution in [3.05, 3.63) is 47.4 Å². The lowest BCUT2D eigenvalue weighted by Crippen LogP contribution is -2.39. The first kappa shape index (κ1) is 15.7. The summed E-state index contributed by atoms with van der Waals surface area (Å²) in [5.41, 5.74) is 1.24. The van der Waals surface area contributed by atoms with Crippen molar-refractivity contribution in [3.63, 3.8) is 0 Å². The summed E-state index contributed by atoms with van der Waals surface area (Å²) in [6.45, 7) is 3.76. The standard InChI is InChI=1S/C17H19ClN4O/c1-12-4-3-7-22(10-12)17(23)15-9-16(20-11-19-15)21-14-6-2-5-13(18)8-14/h2,5-6,8-9,11-12H,3-4,7,10H2,1H3,(H,19,20,21). The van der Waals surface area contributed by atoms with Gasteiger partial charge in [0.25, 0.3) is 5.91 Å². The Kier molecular flexibility index (Phi) is 4.76. The largest absolute Gasteiger partial charge is 0.340 e. The maximum absolute atomic E-state index is 12.6. The Labute approximate surface area is 140 Å². The van der Waals surface area contributed by atoms with Crippen LogP contribution in [0.4, 0.5) is 11.5 Å². The molecule has 6 heteroatoms. The molecule has 5 nitrogen and oxygen atoms in total. The molecule has 1 N–H and O–H groups in total. The van der Waals surface area contributed by atoms with Crippen LogP contribution in [0.2, 0.25) is 5.02 Å². The molecule has 2 aromatic rings. The molecule has 0 aliphatic carbocycles. The summed E-state index contributed by atoms with van der Waals surface area (Å²) < 4.78 is 0. The van der Waals surface area contributed by atoms with Crippen LogP contribution in [-0.4, -0.2) is 33.9 Å². The zero-order valence-electron chi connectivity index (χ0n) is 13.0. The maximum Gasteiger partial charge on any atom is 0.272 e. The van der Waals surface area contributed by atoms with Crippen LogP contribution in [0.3, 0.4) is 0 Å². The van der Waals surface area contributed by atoms with Crippen LogP contribution in [0.5, 0.6) is 0 Å². The first-order valence-corrected chi connectivity index (χ1v) is 8.13. The van der Waals surface area contributed by atoms with E-state index in [0.29, 0.717) is 22.5 Å². The van der Waals surface area contributed by atoms with Gasteiger partial charge in [0.15, 0.2) is 0 Å². The van der Waals surface area contributed by atoms with Gasteiger partial charge in [-0.25, -0.2) is 9.97 Å². The maximum atomic E-state index is 12.6. The molecule has 1 atom stereocenters. The topological polar surface area (TPSA) is 58.1 Å². The number of halogens is 1. The predicted octanol–water partition coefficient (Wildman–Crippen LogP) is 3.75. The van der Waals surface area contributed by atoms with Crippen LogP contribution in [0.25, 0.3) is 0 Å². The highest BCUT2D eigenvalue weighted by Crippen LogP contribution is 2.20. The number of hydrogen-bond acceptors (Lipinski definition) is 4. The van der Waals surface area contributed by atoms with Gasteiger partial charge in [-0.1, -0.05) is 24.6 Å². The number of rotatable bonds is 3. The van der Waals surface area contributed by atoms with E-state index in [0.717, 1.165) is 25.2 Å². The fourth-order valence-electron chi connectivity index (χ4n) is 2.79. The van der Waals surface area contributed by atoms with Crippen LogP contribution in [-0.2, 0) is 0 Å². The van der Waals surface area contributed by atoms with Crippen molar-refractivity contribution in [1.29, 1.82) is 0 Å². The van der Waals surface area contributed by atoms with Crippen LogP contribution < -0.4 is 5.32 Å². The van der Waals surface area contributed by atoms with Gasteiger partial charge in [0, 0.05) is 29.9 Å². The highest BCUT2D eigenvalue weighted by Gasteiger charge is 2.23. The number of amides is 1. The van der Waals surface area contributed by atoms with Crippen LogP contribution in [0, 0.1) is 5.92 Å². The quantitative estimate of drug-likeness (QED) is 0.931. The molecule has 1 aliphatic rings. The van der Waals surface area contributed by atoms with Gasteiger partial charge in [0.1, 0.15) is 17.8 Å². The van der Waals surface area contributed by atoms with E-state index < -0.39 is 0 Å². The summed E-state index contributed by atoms with van der Waals surface area (Å²) in [5.74, 6) is 1.09. The minimum absolute atomic E-state index is 0.0342. The molecule has 0 spiro atoms. The Hall–Kier alpha value is -2.14. The van der Waals surface area contributed by atoms with E-state index in [2.05, 4.69) is 22.2 Å². The Morgan fingerprint density at radius 1 is 1.35 bits per heavy atom. The van der Waals surface area contributed by atoms with Gasteiger partial charge >= 0.3 is 0 Å². The lowest BCUT2D eigenvalue weighted by atomic mass is 10.00. The molecule has 3 rings (SSSR count). The first-order valence-electron chi connectivity index (χ1n) is 7.76. The number of nitrogens with one attached hydrogen (secondary N) is 1. The van der Waals surface area contributed by atoms with E-state index >= 15 is 0 Å². The van der Waals surface area contributed by atoms with Crippen molar-refractivity contribution in [1.82, 2.24) is 14.9 Å². The highest BCUT2D eigenvalue weighted by molar-refractivity contribution is 6.30. The number of hydrogen-bond donors (Lipinski definition) is 1. The Balaban J connectivity index is 1.75. The molecular formula is C17H19ClN4O. The van der Waals surface area contributed by atoms with E-state index in [1.807, 2.05) is 17.0 Å². The van der Waals surface area contributed by atoms with Crippen molar-refractivity contribution in [3.8, 4) is 0 Å². The molecule has 0 radical (unpaired) electrons. The van der Waals surface area contributed by atoms with E-state index in [1.54, 1.807) is 18.2 Å². The number of nitrogens with zero attached hydrogens (tertiary/aromatic N) is 3. The molecule has 23 heavy (non-hydrogen) atoms. The summed E-state index contributed by atoms with van der Waals surface area (Å²) in [6, 6.07) is 9.04. The van der Waals surface area contributed by atoms with Crippen molar-refractivity contribution >= 4 is 29.0 Å². The van der Waals surface area contributed by atoms with E-state index in [9.17, 15) is 4.79 Å². The van der Waals surface area contributed by atoms with Crippen molar-refractivity contribution in [2.24, 2.45) is 5.92 Å². The van der Waals surface area contributed by atoms with Crippen LogP contribution in [0.15, 0.2) is 36.7 Å². The number of likely N-dealkylation sites (tertiary alicyclic amines) is 1. The summed E-state index contributed by atoms with van der Waals surface area (Å²) in [4.78, 5) is 22.8. The second-order valence-corrected chi connectivity index (χ2v) is 6.36. The summed E-state index contributed by atoms with van der Waals surface area (Å²) in [5, 5.41) is 3.79. The fraction of sp³-hybridized carbons (Fsp3) is 0.353. The second kappa shape index (κ2) is 6.96. The molecule has 1 saturated heterocycles. The molecule has 1 aromatic heterocycles. The monoisotopic (exact) mass is 330 g/mol. The van der Waals surface area contributed by atoms with Gasteiger partial charge in [-0.2, -0.15) is 0 Å². The number of anilines is 2. The predicted molar refractivity (Wildman–Crippen MR) is 91.1 cm³/mol. The number of carbonyl (C=O) groups is 1. The second-order valence-electron chi connectivity index (χ2n) is 5.92. The lowest BCUT2D eigenvalue weighted by Gasteiger charge is -2.30. The number of carbonyl (C=O) groups excluding carboxylic acids is 1. The van der Waals surface area contributed by atoms with Gasteiger partial charge in [-0.3, -0.25) is 4.79 Å². The third-order valence-corrected chi connectivity index (χ3v) is 4.16. The van der Waals surface area contributed by atoms with Crippen LogP contribution >= 0.6 is 11.6 Å². The Morgan fingerprint density at radius 3 is 3.00 bits per heavy atom. The first-order chi connectivity index (χ1) is 11.1. The van der Waals surface area contributed by atoms with Crippen molar-refractivity contribution in [2.45, 2.75) is 19.8 Å². The third-order valence-electron chi connectivity index (χ3n) is 3.93. The normalized spacial score (nSPS) is 17.8. The van der Waals surface area contributed by atoms with Gasteiger partial charge < -0.3 is 10.2 Å². The Bertz CT molecular complexity index is 706. The zero-order chi connectivity index (χ0) is 16.2. The smallest absolute Gasteiger partial charge is 0.272 e. The number of piperidine rings is 1. The Morgan fingerprint density at radius 2 is 2.22 bits per heavy atom. The molecule has 1 aliphatic heterocycles. The molecular weight excluding hydrogens is 312 g/mol. The molecule has 1 fully saturated rings. The minimum atomic E-state index is -0.0342. The molecule has 2 heterocycles. The SMILES string of the molecule is CC1CCCN(C(=O)c2cc(Nc3cccc(Cl)c3)ncn2)C1. The van der Waals surface area contributed by atoms with E-state index in [4.69, 9.17) is 11.6 Å². The van der Waals surface area contributed by atoms with E-state index in [-0.39, 0.29) is 5.91 Å². The average molecular weight is 331 g/mol. The lowest BCUT2D eigenvalue weighted by molar-refractivity contribution is 0.0677. The van der Waals surface area contributed by atoms with Gasteiger partial charge in [-0.15, -0.1) is 0 Å². The summed E-state index contributed by atoms with van der Waals surface area (Å²) in [6.07, 6.45) is 3.63. The summed E-state index contributed by atoms with van der Waals surface area (Å²) in [7, 11) is 0. The molecule has 0 saturated carbocycles. The molecule has 0 bridgehead atoms. The third kappa shape index (κ3) is 3.99. The molecule has 1 unspecified atom stereocenters. The number of benzene rings is 1. The molecule has 1 amide bonds. The number of aromatic nitrogens is 2. The average Bonchev–Trinajstić information content (AvgIpc) is 2.54. The van der Waals surface area contributed by atoms with E-state index in [1.165, 1.54) is 12.7 Å². The fourth-order valence-corrected chi connectivity index (χ4v) is 2.98.